The smallest absolute Gasteiger partial charge is 0.324 e. The zero-order valence-electron chi connectivity index (χ0n) is 13.0. The fourth-order valence-electron chi connectivity index (χ4n) is 2.45. The lowest BCUT2D eigenvalue weighted by molar-refractivity contribution is 0.367. The topological polar surface area (TPSA) is 104 Å². The first-order valence-corrected chi connectivity index (χ1v) is 11.4. The monoisotopic (exact) mass is 397 g/mol. The van der Waals surface area contributed by atoms with Gasteiger partial charge in [-0.1, -0.05) is 36.4 Å². The zero-order chi connectivity index (χ0) is 18.1. The molecular formula is C16H16NO5PS2. The second kappa shape index (κ2) is 6.99. The molecule has 0 aliphatic heterocycles. The van der Waals surface area contributed by atoms with Gasteiger partial charge in [0.05, 0.1) is 11.2 Å². The van der Waals surface area contributed by atoms with Crippen molar-refractivity contribution in [3.8, 4) is 0 Å². The third kappa shape index (κ3) is 4.17. The molecule has 3 aromatic rings. The lowest BCUT2D eigenvalue weighted by Gasteiger charge is -2.11. The fraction of sp³-hybridized carbons (Fsp3) is 0.125. The Kier molecular flexibility index (Phi) is 5.11. The molecule has 0 atom stereocenters. The molecule has 25 heavy (non-hydrogen) atoms. The largest absolute Gasteiger partial charge is 0.339 e. The first-order valence-electron chi connectivity index (χ1n) is 7.34. The Morgan fingerprint density at radius 3 is 2.44 bits per heavy atom. The van der Waals surface area contributed by atoms with Crippen LogP contribution in [0.5, 0.6) is 0 Å². The van der Waals surface area contributed by atoms with Crippen LogP contribution in [0.3, 0.4) is 0 Å². The summed E-state index contributed by atoms with van der Waals surface area (Å²) in [5, 5.41) is 3.47. The first-order chi connectivity index (χ1) is 11.8. The molecule has 0 saturated carbocycles. The van der Waals surface area contributed by atoms with Crippen molar-refractivity contribution in [2.45, 2.75) is 15.6 Å². The van der Waals surface area contributed by atoms with E-state index in [9.17, 15) is 13.0 Å². The van der Waals surface area contributed by atoms with Crippen molar-refractivity contribution in [2.75, 3.05) is 6.29 Å². The van der Waals surface area contributed by atoms with Crippen LogP contribution in [0.2, 0.25) is 0 Å². The van der Waals surface area contributed by atoms with Gasteiger partial charge in [0.2, 0.25) is 9.84 Å². The minimum Gasteiger partial charge on any atom is -0.324 e. The highest BCUT2D eigenvalue weighted by Gasteiger charge is 2.23. The quantitative estimate of drug-likeness (QED) is 0.553. The highest BCUT2D eigenvalue weighted by Crippen LogP contribution is 2.34. The number of benzene rings is 2. The van der Waals surface area contributed by atoms with Gasteiger partial charge in [-0.25, -0.2) is 8.42 Å². The van der Waals surface area contributed by atoms with E-state index >= 15 is 0 Å². The number of nitrogens with one attached hydrogen (secondary N) is 1. The van der Waals surface area contributed by atoms with Gasteiger partial charge in [-0.2, -0.15) is 0 Å². The van der Waals surface area contributed by atoms with Crippen LogP contribution in [0.15, 0.2) is 63.7 Å². The molecule has 2 aromatic carbocycles. The zero-order valence-corrected chi connectivity index (χ0v) is 15.5. The summed E-state index contributed by atoms with van der Waals surface area (Å²) in [5.41, 5.74) is 0.466. The van der Waals surface area contributed by atoms with Crippen LogP contribution < -0.4 is 5.32 Å². The molecule has 0 aliphatic carbocycles. The maximum atomic E-state index is 13.0. The Bertz CT molecular complexity index is 1020. The average molecular weight is 397 g/mol. The van der Waals surface area contributed by atoms with E-state index in [1.165, 1.54) is 17.4 Å². The van der Waals surface area contributed by atoms with Gasteiger partial charge in [-0.3, -0.25) is 4.57 Å². The van der Waals surface area contributed by atoms with Gasteiger partial charge in [0.1, 0.15) is 4.21 Å². The van der Waals surface area contributed by atoms with Crippen LogP contribution in [-0.4, -0.2) is 24.5 Å². The number of thiophene rings is 1. The van der Waals surface area contributed by atoms with E-state index in [1.807, 2.05) is 24.3 Å². The van der Waals surface area contributed by atoms with Crippen molar-refractivity contribution < 1.29 is 22.8 Å². The maximum Gasteiger partial charge on any atom is 0.339 e. The molecule has 3 N–H and O–H groups in total. The van der Waals surface area contributed by atoms with E-state index in [-0.39, 0.29) is 15.6 Å². The first kappa shape index (κ1) is 18.3. The molecule has 0 aliphatic rings. The lowest BCUT2D eigenvalue weighted by Crippen LogP contribution is -2.17. The van der Waals surface area contributed by atoms with Gasteiger partial charge in [0.15, 0.2) is 0 Å². The summed E-state index contributed by atoms with van der Waals surface area (Å²) in [5.74, 6) is 0. The third-order valence-electron chi connectivity index (χ3n) is 3.56. The summed E-state index contributed by atoms with van der Waals surface area (Å²) in [6.45, 7) is 0.0470. The Balaban J connectivity index is 1.96. The molecule has 0 bridgehead atoms. The molecule has 1 heterocycles. The van der Waals surface area contributed by atoms with Crippen molar-refractivity contribution in [3.05, 3.63) is 60.2 Å². The van der Waals surface area contributed by atoms with Crippen molar-refractivity contribution >= 4 is 38.9 Å². The Morgan fingerprint density at radius 2 is 1.72 bits per heavy atom. The van der Waals surface area contributed by atoms with Crippen molar-refractivity contribution in [1.82, 2.24) is 5.32 Å². The molecule has 132 valence electrons. The predicted octanol–water partition coefficient (Wildman–Crippen LogP) is 2.96. The summed E-state index contributed by atoms with van der Waals surface area (Å²) in [7, 11) is -7.91. The summed E-state index contributed by atoms with van der Waals surface area (Å²) >= 11 is 1.20. The van der Waals surface area contributed by atoms with Crippen LogP contribution in [0.1, 0.15) is 5.56 Å². The van der Waals surface area contributed by atoms with Gasteiger partial charge >= 0.3 is 7.60 Å². The minimum absolute atomic E-state index is 0.0470. The molecule has 0 spiro atoms. The van der Waals surface area contributed by atoms with Crippen LogP contribution in [-0.2, 0) is 20.9 Å². The molecule has 9 heteroatoms. The SMILES string of the molecule is O=P(O)(O)CNCc1ccccc1S(=O)(=O)c1cc2ccccc2s1. The molecule has 0 fully saturated rings. The second-order valence-electron chi connectivity index (χ2n) is 5.46. The van der Waals surface area contributed by atoms with E-state index < -0.39 is 23.7 Å². The normalized spacial score (nSPS) is 12.6. The molecular weight excluding hydrogens is 381 g/mol. The van der Waals surface area contributed by atoms with Crippen LogP contribution >= 0.6 is 18.9 Å². The molecule has 0 saturated heterocycles. The van der Waals surface area contributed by atoms with Gasteiger partial charge in [0.25, 0.3) is 0 Å². The Labute approximate surface area is 149 Å². The number of hydrogen-bond acceptors (Lipinski definition) is 5. The van der Waals surface area contributed by atoms with E-state index in [2.05, 4.69) is 5.32 Å². The predicted molar refractivity (Wildman–Crippen MR) is 97.5 cm³/mol. The standard InChI is InChI=1S/C16H16NO5PS2/c18-23(19,20)11-17-10-13-6-2-4-8-15(13)25(21,22)16-9-12-5-1-3-7-14(12)24-16/h1-9,17H,10-11H2,(H2,18,19,20). The summed E-state index contributed by atoms with van der Waals surface area (Å²) in [4.78, 5) is 18.0. The lowest BCUT2D eigenvalue weighted by atomic mass is 10.2. The van der Waals surface area contributed by atoms with E-state index in [1.54, 1.807) is 24.3 Å². The molecule has 1 aromatic heterocycles. The van der Waals surface area contributed by atoms with Crippen molar-refractivity contribution in [1.29, 1.82) is 0 Å². The highest BCUT2D eigenvalue weighted by molar-refractivity contribution is 7.93. The van der Waals surface area contributed by atoms with E-state index in [0.717, 1.165) is 10.1 Å². The molecule has 0 unspecified atom stereocenters. The van der Waals surface area contributed by atoms with Crippen LogP contribution in [0.4, 0.5) is 0 Å². The minimum atomic E-state index is -4.19. The molecule has 0 amide bonds. The Morgan fingerprint density at radius 1 is 1.04 bits per heavy atom. The number of sulfone groups is 1. The summed E-state index contributed by atoms with van der Waals surface area (Å²) in [6.07, 6.45) is -0.510. The molecule has 6 nitrogen and oxygen atoms in total. The van der Waals surface area contributed by atoms with Crippen molar-refractivity contribution in [3.63, 3.8) is 0 Å². The van der Waals surface area contributed by atoms with Gasteiger partial charge in [0, 0.05) is 11.2 Å². The number of hydrogen-bond donors (Lipinski definition) is 3. The third-order valence-corrected chi connectivity index (χ3v) is 7.64. The van der Waals surface area contributed by atoms with Gasteiger partial charge in [-0.05, 0) is 29.1 Å². The van der Waals surface area contributed by atoms with E-state index in [4.69, 9.17) is 9.79 Å². The second-order valence-corrected chi connectivity index (χ2v) is 10.3. The van der Waals surface area contributed by atoms with Crippen LogP contribution in [0.25, 0.3) is 10.1 Å². The Hall–Kier alpha value is -1.54. The van der Waals surface area contributed by atoms with E-state index in [0.29, 0.717) is 5.56 Å². The molecule has 0 radical (unpaired) electrons. The highest BCUT2D eigenvalue weighted by atomic mass is 32.2. The van der Waals surface area contributed by atoms with Gasteiger partial charge < -0.3 is 15.1 Å². The number of fused-ring (bicyclic) bond motifs is 1. The average Bonchev–Trinajstić information content (AvgIpc) is 2.99. The van der Waals surface area contributed by atoms with Crippen LogP contribution in [0, 0.1) is 0 Å². The number of rotatable bonds is 6. The van der Waals surface area contributed by atoms with Gasteiger partial charge in [-0.15, -0.1) is 11.3 Å². The van der Waals surface area contributed by atoms with Crippen molar-refractivity contribution in [2.24, 2.45) is 0 Å². The maximum absolute atomic E-state index is 13.0. The molecule has 3 rings (SSSR count). The summed E-state index contributed by atoms with van der Waals surface area (Å²) in [6, 6.07) is 15.5. The summed E-state index contributed by atoms with van der Waals surface area (Å²) < 4.78 is 38.1. The fourth-order valence-corrected chi connectivity index (χ4v) is 5.86.